The van der Waals surface area contributed by atoms with E-state index >= 15 is 0 Å². The van der Waals surface area contributed by atoms with E-state index in [0.717, 1.165) is 18.9 Å². The quantitative estimate of drug-likeness (QED) is 0.720. The Morgan fingerprint density at radius 2 is 2.05 bits per heavy atom. The molecule has 2 rings (SSSR count). The predicted molar refractivity (Wildman–Crippen MR) is 90.8 cm³/mol. The van der Waals surface area contributed by atoms with Gasteiger partial charge < -0.3 is 5.73 Å². The molecule has 0 atom stereocenters. The molecule has 1 fully saturated rings. The third-order valence-corrected chi connectivity index (χ3v) is 5.74. The Balaban J connectivity index is 1.98. The van der Waals surface area contributed by atoms with Crippen molar-refractivity contribution >= 4 is 15.9 Å². The van der Waals surface area contributed by atoms with Crippen LogP contribution in [0, 0.1) is 17.2 Å². The van der Waals surface area contributed by atoms with Crippen molar-refractivity contribution in [2.45, 2.75) is 58.3 Å². The first-order valence-electron chi connectivity index (χ1n) is 8.22. The standard InChI is InChI=1S/C18H27BrFN/c1-2-3-4-14-7-9-18(13-21,10-8-14)12-15-5-6-17(20)16(19)11-15/h5-6,11,14H,2-4,7-10,12-13,21H2,1H3. The topological polar surface area (TPSA) is 26.0 Å². The first-order valence-corrected chi connectivity index (χ1v) is 9.02. The molecule has 1 nitrogen and oxygen atoms in total. The first-order chi connectivity index (χ1) is 10.1. The smallest absolute Gasteiger partial charge is 0.137 e. The van der Waals surface area contributed by atoms with E-state index in [2.05, 4.69) is 22.9 Å². The molecule has 1 saturated carbocycles. The highest BCUT2D eigenvalue weighted by Gasteiger charge is 2.34. The van der Waals surface area contributed by atoms with Crippen LogP contribution in [0.4, 0.5) is 4.39 Å². The van der Waals surface area contributed by atoms with Crippen molar-refractivity contribution in [3.8, 4) is 0 Å². The second kappa shape index (κ2) is 7.73. The van der Waals surface area contributed by atoms with E-state index in [4.69, 9.17) is 5.73 Å². The minimum atomic E-state index is -0.191. The zero-order valence-electron chi connectivity index (χ0n) is 13.0. The van der Waals surface area contributed by atoms with Crippen LogP contribution in [0.3, 0.4) is 0 Å². The van der Waals surface area contributed by atoms with Crippen molar-refractivity contribution in [1.29, 1.82) is 0 Å². The summed E-state index contributed by atoms with van der Waals surface area (Å²) in [6.45, 7) is 3.00. The van der Waals surface area contributed by atoms with Crippen molar-refractivity contribution in [1.82, 2.24) is 0 Å². The fourth-order valence-corrected chi connectivity index (χ4v) is 4.03. The zero-order valence-corrected chi connectivity index (χ0v) is 14.6. The average molecular weight is 356 g/mol. The average Bonchev–Trinajstić information content (AvgIpc) is 2.50. The maximum atomic E-state index is 13.4. The van der Waals surface area contributed by atoms with Crippen LogP contribution in [-0.4, -0.2) is 6.54 Å². The van der Waals surface area contributed by atoms with Gasteiger partial charge >= 0.3 is 0 Å². The van der Waals surface area contributed by atoms with E-state index in [9.17, 15) is 4.39 Å². The maximum Gasteiger partial charge on any atom is 0.137 e. The van der Waals surface area contributed by atoms with Gasteiger partial charge in [-0.05, 0) is 83.6 Å². The summed E-state index contributed by atoms with van der Waals surface area (Å²) in [5, 5.41) is 0. The summed E-state index contributed by atoms with van der Waals surface area (Å²) in [5.74, 6) is 0.702. The number of hydrogen-bond donors (Lipinski definition) is 1. The highest BCUT2D eigenvalue weighted by atomic mass is 79.9. The molecule has 0 aromatic heterocycles. The minimum absolute atomic E-state index is 0.191. The molecular formula is C18H27BrFN. The molecule has 1 aliphatic rings. The molecule has 0 heterocycles. The lowest BCUT2D eigenvalue weighted by Crippen LogP contribution is -2.36. The second-order valence-corrected chi connectivity index (χ2v) is 7.57. The summed E-state index contributed by atoms with van der Waals surface area (Å²) >= 11 is 3.28. The first kappa shape index (κ1) is 17.0. The molecule has 118 valence electrons. The Hall–Kier alpha value is -0.410. The van der Waals surface area contributed by atoms with E-state index in [0.29, 0.717) is 4.47 Å². The summed E-state index contributed by atoms with van der Waals surface area (Å²) in [6.07, 6.45) is 10.0. The van der Waals surface area contributed by atoms with Crippen LogP contribution in [0.2, 0.25) is 0 Å². The SMILES string of the molecule is CCCCC1CCC(CN)(Cc2ccc(F)c(Br)c2)CC1. The normalized spacial score (nSPS) is 26.0. The van der Waals surface area contributed by atoms with E-state index in [1.807, 2.05) is 12.1 Å². The van der Waals surface area contributed by atoms with Crippen molar-refractivity contribution in [2.24, 2.45) is 17.1 Å². The summed E-state index contributed by atoms with van der Waals surface area (Å²) in [7, 11) is 0. The van der Waals surface area contributed by atoms with Gasteiger partial charge in [-0.25, -0.2) is 4.39 Å². The van der Waals surface area contributed by atoms with E-state index in [1.165, 1.54) is 50.5 Å². The van der Waals surface area contributed by atoms with Gasteiger partial charge in [-0.2, -0.15) is 0 Å². The van der Waals surface area contributed by atoms with Crippen molar-refractivity contribution < 1.29 is 4.39 Å². The van der Waals surface area contributed by atoms with E-state index in [1.54, 1.807) is 6.07 Å². The van der Waals surface area contributed by atoms with Gasteiger partial charge in [-0.1, -0.05) is 32.3 Å². The zero-order chi connectivity index (χ0) is 15.3. The molecule has 0 bridgehead atoms. The molecule has 1 aromatic carbocycles. The minimum Gasteiger partial charge on any atom is -0.330 e. The molecule has 0 spiro atoms. The van der Waals surface area contributed by atoms with Gasteiger partial charge in [0.05, 0.1) is 4.47 Å². The van der Waals surface area contributed by atoms with Crippen LogP contribution in [0.1, 0.15) is 57.4 Å². The third kappa shape index (κ3) is 4.53. The Morgan fingerprint density at radius 3 is 2.62 bits per heavy atom. The molecule has 21 heavy (non-hydrogen) atoms. The van der Waals surface area contributed by atoms with Crippen LogP contribution < -0.4 is 5.73 Å². The van der Waals surface area contributed by atoms with Crippen molar-refractivity contribution in [3.05, 3.63) is 34.1 Å². The molecule has 2 N–H and O–H groups in total. The molecule has 3 heteroatoms. The fraction of sp³-hybridized carbons (Fsp3) is 0.667. The second-order valence-electron chi connectivity index (χ2n) is 6.71. The number of nitrogens with two attached hydrogens (primary N) is 1. The van der Waals surface area contributed by atoms with Gasteiger partial charge in [0, 0.05) is 0 Å². The number of rotatable bonds is 6. The lowest BCUT2D eigenvalue weighted by atomic mass is 9.67. The van der Waals surface area contributed by atoms with Gasteiger partial charge in [0.1, 0.15) is 5.82 Å². The number of hydrogen-bond acceptors (Lipinski definition) is 1. The monoisotopic (exact) mass is 355 g/mol. The van der Waals surface area contributed by atoms with Crippen molar-refractivity contribution in [3.63, 3.8) is 0 Å². The summed E-state index contributed by atoms with van der Waals surface area (Å²) in [6, 6.07) is 5.37. The Morgan fingerprint density at radius 1 is 1.33 bits per heavy atom. The number of halogens is 2. The lowest BCUT2D eigenvalue weighted by Gasteiger charge is -2.40. The molecule has 0 radical (unpaired) electrons. The van der Waals surface area contributed by atoms with Gasteiger partial charge in [-0.15, -0.1) is 0 Å². The van der Waals surface area contributed by atoms with Crippen LogP contribution in [0.15, 0.2) is 22.7 Å². The third-order valence-electron chi connectivity index (χ3n) is 5.13. The van der Waals surface area contributed by atoms with Gasteiger partial charge in [0.15, 0.2) is 0 Å². The van der Waals surface area contributed by atoms with Gasteiger partial charge in [0.2, 0.25) is 0 Å². The van der Waals surface area contributed by atoms with Crippen LogP contribution in [0.25, 0.3) is 0 Å². The van der Waals surface area contributed by atoms with Gasteiger partial charge in [-0.3, -0.25) is 0 Å². The van der Waals surface area contributed by atoms with Crippen LogP contribution in [0.5, 0.6) is 0 Å². The molecule has 0 aliphatic heterocycles. The Bertz CT molecular complexity index is 453. The van der Waals surface area contributed by atoms with Crippen molar-refractivity contribution in [2.75, 3.05) is 6.54 Å². The van der Waals surface area contributed by atoms with Crippen LogP contribution in [-0.2, 0) is 6.42 Å². The summed E-state index contributed by atoms with van der Waals surface area (Å²) in [5.41, 5.74) is 7.53. The molecule has 0 amide bonds. The van der Waals surface area contributed by atoms with E-state index in [-0.39, 0.29) is 11.2 Å². The Labute approximate surface area is 136 Å². The maximum absolute atomic E-state index is 13.4. The van der Waals surface area contributed by atoms with Crippen LogP contribution >= 0.6 is 15.9 Å². The Kier molecular flexibility index (Phi) is 6.24. The summed E-state index contributed by atoms with van der Waals surface area (Å²) < 4.78 is 13.9. The largest absolute Gasteiger partial charge is 0.330 e. The highest BCUT2D eigenvalue weighted by Crippen LogP contribution is 2.42. The highest BCUT2D eigenvalue weighted by molar-refractivity contribution is 9.10. The predicted octanol–water partition coefficient (Wildman–Crippen LogP) is 5.46. The molecule has 0 saturated heterocycles. The molecular weight excluding hydrogens is 329 g/mol. The molecule has 1 aromatic rings. The summed E-state index contributed by atoms with van der Waals surface area (Å²) in [4.78, 5) is 0. The number of benzene rings is 1. The van der Waals surface area contributed by atoms with E-state index < -0.39 is 0 Å². The number of unbranched alkanes of at least 4 members (excludes halogenated alkanes) is 1. The van der Waals surface area contributed by atoms with Gasteiger partial charge in [0.25, 0.3) is 0 Å². The molecule has 1 aliphatic carbocycles. The lowest BCUT2D eigenvalue weighted by molar-refractivity contribution is 0.150. The molecule has 0 unspecified atom stereocenters. The fourth-order valence-electron chi connectivity index (χ4n) is 3.61.